The highest BCUT2D eigenvalue weighted by molar-refractivity contribution is 5.80. The molecule has 2 aliphatic rings. The Hall–Kier alpha value is -1.51. The molecule has 1 saturated heterocycles. The number of nitrogens with zero attached hydrogens (tertiary/aromatic N) is 1. The molecule has 0 aromatic heterocycles. The lowest BCUT2D eigenvalue weighted by atomic mass is 10.1. The predicted molar refractivity (Wildman–Crippen MR) is 83.6 cm³/mol. The fraction of sp³-hybridized carbons (Fsp3) is 0.611. The number of fused-ring (bicyclic) bond motifs is 1. The Morgan fingerprint density at radius 2 is 1.76 bits per heavy atom. The SMILES string of the molecule is CC(Oc1ccc2c(c1)CCC2)C(=O)N1CCCCCC1. The van der Waals surface area contributed by atoms with Crippen molar-refractivity contribution in [3.05, 3.63) is 29.3 Å². The zero-order chi connectivity index (χ0) is 14.7. The molecular weight excluding hydrogens is 262 g/mol. The largest absolute Gasteiger partial charge is 0.481 e. The van der Waals surface area contributed by atoms with Gasteiger partial charge < -0.3 is 9.64 Å². The lowest BCUT2D eigenvalue weighted by Gasteiger charge is -2.24. The van der Waals surface area contributed by atoms with E-state index in [1.54, 1.807) is 0 Å². The van der Waals surface area contributed by atoms with E-state index in [1.807, 2.05) is 17.9 Å². The summed E-state index contributed by atoms with van der Waals surface area (Å²) in [6.07, 6.45) is 7.89. The first-order chi connectivity index (χ1) is 10.2. The van der Waals surface area contributed by atoms with E-state index in [9.17, 15) is 4.79 Å². The third-order valence-corrected chi connectivity index (χ3v) is 4.65. The van der Waals surface area contributed by atoms with Crippen molar-refractivity contribution in [2.75, 3.05) is 13.1 Å². The molecular formula is C18H25NO2. The monoisotopic (exact) mass is 287 g/mol. The second kappa shape index (κ2) is 6.50. The van der Waals surface area contributed by atoms with Crippen LogP contribution >= 0.6 is 0 Å². The maximum atomic E-state index is 12.5. The highest BCUT2D eigenvalue weighted by Crippen LogP contribution is 2.26. The smallest absolute Gasteiger partial charge is 0.263 e. The Morgan fingerprint density at radius 1 is 1.05 bits per heavy atom. The van der Waals surface area contributed by atoms with Crippen molar-refractivity contribution in [3.8, 4) is 5.75 Å². The summed E-state index contributed by atoms with van der Waals surface area (Å²) in [7, 11) is 0. The second-order valence-electron chi connectivity index (χ2n) is 6.28. The maximum Gasteiger partial charge on any atom is 0.263 e. The number of rotatable bonds is 3. The molecule has 1 amide bonds. The molecule has 3 nitrogen and oxygen atoms in total. The van der Waals surface area contributed by atoms with Crippen LogP contribution in [0.25, 0.3) is 0 Å². The Morgan fingerprint density at radius 3 is 2.52 bits per heavy atom. The summed E-state index contributed by atoms with van der Waals surface area (Å²) in [4.78, 5) is 14.5. The summed E-state index contributed by atoms with van der Waals surface area (Å²) in [5.74, 6) is 0.976. The topological polar surface area (TPSA) is 29.5 Å². The van der Waals surface area contributed by atoms with Crippen LogP contribution in [0.15, 0.2) is 18.2 Å². The first kappa shape index (κ1) is 14.4. The minimum Gasteiger partial charge on any atom is -0.481 e. The summed E-state index contributed by atoms with van der Waals surface area (Å²) >= 11 is 0. The number of hydrogen-bond donors (Lipinski definition) is 0. The summed E-state index contributed by atoms with van der Waals surface area (Å²) in [6.45, 7) is 3.65. The molecule has 0 N–H and O–H groups in total. The standard InChI is InChI=1S/C18H25NO2/c1-14(18(20)19-11-4-2-3-5-12-19)21-17-10-9-15-7-6-8-16(15)13-17/h9-10,13-14H,2-8,11-12H2,1H3. The molecule has 1 unspecified atom stereocenters. The van der Waals surface area contributed by atoms with Gasteiger partial charge in [0.05, 0.1) is 0 Å². The average molecular weight is 287 g/mol. The molecule has 1 aliphatic carbocycles. The van der Waals surface area contributed by atoms with Gasteiger partial charge in [0.15, 0.2) is 6.10 Å². The van der Waals surface area contributed by atoms with Crippen LogP contribution in [0, 0.1) is 0 Å². The molecule has 0 spiro atoms. The molecule has 0 saturated carbocycles. The molecule has 1 heterocycles. The van der Waals surface area contributed by atoms with Crippen LogP contribution in [-0.4, -0.2) is 30.0 Å². The number of likely N-dealkylation sites (tertiary alicyclic amines) is 1. The van der Waals surface area contributed by atoms with Gasteiger partial charge in [-0.05, 0) is 62.3 Å². The van der Waals surface area contributed by atoms with Gasteiger partial charge in [-0.2, -0.15) is 0 Å². The van der Waals surface area contributed by atoms with E-state index in [-0.39, 0.29) is 12.0 Å². The molecule has 3 heteroatoms. The number of amides is 1. The van der Waals surface area contributed by atoms with E-state index in [4.69, 9.17) is 4.74 Å². The molecule has 1 aliphatic heterocycles. The molecule has 114 valence electrons. The lowest BCUT2D eigenvalue weighted by molar-refractivity contribution is -0.137. The number of hydrogen-bond acceptors (Lipinski definition) is 2. The Balaban J connectivity index is 1.62. The van der Waals surface area contributed by atoms with Gasteiger partial charge >= 0.3 is 0 Å². The molecule has 1 aromatic carbocycles. The van der Waals surface area contributed by atoms with E-state index in [0.717, 1.165) is 38.1 Å². The molecule has 21 heavy (non-hydrogen) atoms. The summed E-state index contributed by atoms with van der Waals surface area (Å²) in [6, 6.07) is 6.28. The van der Waals surface area contributed by atoms with Gasteiger partial charge in [-0.1, -0.05) is 18.9 Å². The molecule has 0 bridgehead atoms. The van der Waals surface area contributed by atoms with Gasteiger partial charge in [0.25, 0.3) is 5.91 Å². The summed E-state index contributed by atoms with van der Waals surface area (Å²) < 4.78 is 5.90. The van der Waals surface area contributed by atoms with Gasteiger partial charge in [0.2, 0.25) is 0 Å². The zero-order valence-electron chi connectivity index (χ0n) is 12.9. The first-order valence-electron chi connectivity index (χ1n) is 8.31. The minimum atomic E-state index is -0.387. The normalized spacial score (nSPS) is 19.8. The molecule has 3 rings (SSSR count). The van der Waals surface area contributed by atoms with Crippen LogP contribution in [0.1, 0.15) is 50.2 Å². The van der Waals surface area contributed by atoms with Crippen molar-refractivity contribution in [2.45, 2.75) is 58.0 Å². The van der Waals surface area contributed by atoms with Crippen molar-refractivity contribution < 1.29 is 9.53 Å². The quantitative estimate of drug-likeness (QED) is 0.853. The number of carbonyl (C=O) groups is 1. The van der Waals surface area contributed by atoms with Crippen LogP contribution in [0.4, 0.5) is 0 Å². The second-order valence-corrected chi connectivity index (χ2v) is 6.28. The van der Waals surface area contributed by atoms with E-state index in [1.165, 1.54) is 36.8 Å². The maximum absolute atomic E-state index is 12.5. The van der Waals surface area contributed by atoms with E-state index >= 15 is 0 Å². The highest BCUT2D eigenvalue weighted by atomic mass is 16.5. The minimum absolute atomic E-state index is 0.136. The number of ether oxygens (including phenoxy) is 1. The zero-order valence-corrected chi connectivity index (χ0v) is 12.9. The summed E-state index contributed by atoms with van der Waals surface area (Å²) in [5, 5.41) is 0. The fourth-order valence-electron chi connectivity index (χ4n) is 3.42. The molecule has 0 radical (unpaired) electrons. The van der Waals surface area contributed by atoms with Gasteiger partial charge in [-0.15, -0.1) is 0 Å². The average Bonchev–Trinajstić information content (AvgIpc) is 2.78. The fourth-order valence-corrected chi connectivity index (χ4v) is 3.42. The number of carbonyl (C=O) groups excluding carboxylic acids is 1. The van der Waals surface area contributed by atoms with Crippen molar-refractivity contribution in [2.24, 2.45) is 0 Å². The van der Waals surface area contributed by atoms with Crippen molar-refractivity contribution in [3.63, 3.8) is 0 Å². The number of aryl methyl sites for hydroxylation is 2. The third-order valence-electron chi connectivity index (χ3n) is 4.65. The van der Waals surface area contributed by atoms with Crippen LogP contribution in [0.2, 0.25) is 0 Å². The van der Waals surface area contributed by atoms with Crippen LogP contribution < -0.4 is 4.74 Å². The van der Waals surface area contributed by atoms with Gasteiger partial charge in [0, 0.05) is 13.1 Å². The van der Waals surface area contributed by atoms with Crippen LogP contribution in [-0.2, 0) is 17.6 Å². The van der Waals surface area contributed by atoms with Gasteiger partial charge in [-0.25, -0.2) is 0 Å². The highest BCUT2D eigenvalue weighted by Gasteiger charge is 2.23. The molecule has 1 atom stereocenters. The predicted octanol–water partition coefficient (Wildman–Crippen LogP) is 3.35. The van der Waals surface area contributed by atoms with Crippen molar-refractivity contribution in [1.29, 1.82) is 0 Å². The molecule has 1 fully saturated rings. The van der Waals surface area contributed by atoms with Crippen molar-refractivity contribution in [1.82, 2.24) is 4.90 Å². The number of benzene rings is 1. The van der Waals surface area contributed by atoms with E-state index in [2.05, 4.69) is 12.1 Å². The van der Waals surface area contributed by atoms with Crippen LogP contribution in [0.5, 0.6) is 5.75 Å². The summed E-state index contributed by atoms with van der Waals surface area (Å²) in [5.41, 5.74) is 2.83. The Bertz CT molecular complexity index is 504. The van der Waals surface area contributed by atoms with Gasteiger partial charge in [-0.3, -0.25) is 4.79 Å². The third kappa shape index (κ3) is 3.39. The van der Waals surface area contributed by atoms with Crippen LogP contribution in [0.3, 0.4) is 0 Å². The van der Waals surface area contributed by atoms with E-state index in [0.29, 0.717) is 0 Å². The van der Waals surface area contributed by atoms with Crippen molar-refractivity contribution >= 4 is 5.91 Å². The van der Waals surface area contributed by atoms with Gasteiger partial charge in [0.1, 0.15) is 5.75 Å². The molecule has 1 aromatic rings. The Labute approximate surface area is 127 Å². The lowest BCUT2D eigenvalue weighted by Crippen LogP contribution is -2.41. The first-order valence-corrected chi connectivity index (χ1v) is 8.31. The van der Waals surface area contributed by atoms with E-state index < -0.39 is 0 Å². The Kier molecular flexibility index (Phi) is 4.47.